The molecule has 0 radical (unpaired) electrons. The first-order chi connectivity index (χ1) is 14.2. The van der Waals surface area contributed by atoms with Crippen molar-refractivity contribution in [2.24, 2.45) is 0 Å². The van der Waals surface area contributed by atoms with Gasteiger partial charge in [0.25, 0.3) is 5.91 Å². The molecule has 0 unspecified atom stereocenters. The zero-order valence-corrected chi connectivity index (χ0v) is 17.5. The van der Waals surface area contributed by atoms with E-state index in [0.29, 0.717) is 27.3 Å². The van der Waals surface area contributed by atoms with Crippen molar-refractivity contribution in [1.82, 2.24) is 15.5 Å². The van der Waals surface area contributed by atoms with Gasteiger partial charge in [0.1, 0.15) is 0 Å². The van der Waals surface area contributed by atoms with Crippen LogP contribution in [0.2, 0.25) is 0 Å². The van der Waals surface area contributed by atoms with Crippen LogP contribution >= 0.6 is 23.1 Å². The number of aromatic nitrogens is 2. The zero-order valence-electron chi connectivity index (χ0n) is 15.8. The van der Waals surface area contributed by atoms with Crippen molar-refractivity contribution in [3.8, 4) is 0 Å². The van der Waals surface area contributed by atoms with Crippen LogP contribution in [0.3, 0.4) is 0 Å². The van der Waals surface area contributed by atoms with Gasteiger partial charge in [0.15, 0.2) is 4.34 Å². The molecule has 1 aromatic heterocycles. The van der Waals surface area contributed by atoms with E-state index < -0.39 is 0 Å². The Hall–Kier alpha value is -2.91. The molecule has 0 saturated carbocycles. The molecule has 2 amide bonds. The molecular formula is C20H21N5O2S2. The molecule has 0 saturated heterocycles. The lowest BCUT2D eigenvalue weighted by Crippen LogP contribution is -2.27. The van der Waals surface area contributed by atoms with E-state index in [0.717, 1.165) is 12.0 Å². The number of anilines is 2. The van der Waals surface area contributed by atoms with Gasteiger partial charge in [0, 0.05) is 13.6 Å². The highest BCUT2D eigenvalue weighted by molar-refractivity contribution is 8.01. The monoisotopic (exact) mass is 427 g/mol. The van der Waals surface area contributed by atoms with Crippen molar-refractivity contribution in [2.45, 2.75) is 10.8 Å². The summed E-state index contributed by atoms with van der Waals surface area (Å²) >= 11 is 2.68. The van der Waals surface area contributed by atoms with Gasteiger partial charge in [-0.05, 0) is 24.1 Å². The van der Waals surface area contributed by atoms with Gasteiger partial charge in [0.2, 0.25) is 11.0 Å². The summed E-state index contributed by atoms with van der Waals surface area (Å²) in [5.41, 5.74) is 2.08. The van der Waals surface area contributed by atoms with Crippen LogP contribution in [-0.2, 0) is 11.2 Å². The van der Waals surface area contributed by atoms with Gasteiger partial charge >= 0.3 is 0 Å². The third-order valence-electron chi connectivity index (χ3n) is 3.93. The topological polar surface area (TPSA) is 96.0 Å². The normalized spacial score (nSPS) is 10.4. The molecule has 0 bridgehead atoms. The third-order valence-corrected chi connectivity index (χ3v) is 6.01. The lowest BCUT2D eigenvalue weighted by Gasteiger charge is -2.11. The Morgan fingerprint density at radius 1 is 1.03 bits per heavy atom. The molecule has 3 rings (SSSR count). The summed E-state index contributed by atoms with van der Waals surface area (Å²) in [7, 11) is 1.77. The highest BCUT2D eigenvalue weighted by Crippen LogP contribution is 2.25. The second-order valence-electron chi connectivity index (χ2n) is 6.00. The van der Waals surface area contributed by atoms with Crippen molar-refractivity contribution in [3.05, 3.63) is 65.7 Å². The Balaban J connectivity index is 1.53. The fourth-order valence-corrected chi connectivity index (χ4v) is 4.04. The molecule has 9 heteroatoms. The van der Waals surface area contributed by atoms with E-state index in [2.05, 4.69) is 26.1 Å². The fraction of sp³-hybridized carbons (Fsp3) is 0.200. The minimum absolute atomic E-state index is 0.183. The standard InChI is InChI=1S/C20H21N5O2S2/c1-21-19-24-25-20(29-19)28-13-17(26)23-16-10-6-5-9-15(16)18(27)22-12-11-14-7-3-2-4-8-14/h2-10H,11-13H2,1H3,(H,21,24)(H,22,27)(H,23,26). The van der Waals surface area contributed by atoms with Crippen LogP contribution in [0.15, 0.2) is 58.9 Å². The summed E-state index contributed by atoms with van der Waals surface area (Å²) < 4.78 is 0.705. The number of benzene rings is 2. The number of carbonyl (C=O) groups excluding carboxylic acids is 2. The smallest absolute Gasteiger partial charge is 0.253 e. The van der Waals surface area contributed by atoms with Crippen molar-refractivity contribution < 1.29 is 9.59 Å². The quantitative estimate of drug-likeness (QED) is 0.454. The highest BCUT2D eigenvalue weighted by Gasteiger charge is 2.14. The van der Waals surface area contributed by atoms with Gasteiger partial charge in [-0.2, -0.15) is 0 Å². The van der Waals surface area contributed by atoms with Crippen molar-refractivity contribution in [1.29, 1.82) is 0 Å². The van der Waals surface area contributed by atoms with Gasteiger partial charge in [0.05, 0.1) is 17.0 Å². The molecule has 0 spiro atoms. The maximum absolute atomic E-state index is 12.6. The van der Waals surface area contributed by atoms with Crippen LogP contribution in [-0.4, -0.2) is 41.4 Å². The lowest BCUT2D eigenvalue weighted by molar-refractivity contribution is -0.113. The van der Waals surface area contributed by atoms with Crippen molar-refractivity contribution in [3.63, 3.8) is 0 Å². The van der Waals surface area contributed by atoms with Gasteiger partial charge in [-0.25, -0.2) is 0 Å². The molecular weight excluding hydrogens is 406 g/mol. The Labute approximate surface area is 177 Å². The molecule has 7 nitrogen and oxygen atoms in total. The van der Waals surface area contributed by atoms with Crippen LogP contribution in [0.4, 0.5) is 10.8 Å². The van der Waals surface area contributed by atoms with E-state index in [1.807, 2.05) is 30.3 Å². The Morgan fingerprint density at radius 3 is 2.55 bits per heavy atom. The van der Waals surface area contributed by atoms with Gasteiger partial charge in [-0.1, -0.05) is 65.6 Å². The van der Waals surface area contributed by atoms with E-state index in [1.165, 1.54) is 23.1 Å². The third kappa shape index (κ3) is 6.30. The predicted octanol–water partition coefficient (Wildman–Crippen LogP) is 3.28. The van der Waals surface area contributed by atoms with Crippen molar-refractivity contribution in [2.75, 3.05) is 30.0 Å². The SMILES string of the molecule is CNc1nnc(SCC(=O)Nc2ccccc2C(=O)NCCc2ccccc2)s1. The molecule has 0 aliphatic heterocycles. The second kappa shape index (κ2) is 10.6. The number of para-hydroxylation sites is 1. The molecule has 3 aromatic rings. The Bertz CT molecular complexity index is 962. The van der Waals surface area contributed by atoms with E-state index in [-0.39, 0.29) is 17.6 Å². The highest BCUT2D eigenvalue weighted by atomic mass is 32.2. The number of nitrogens with one attached hydrogen (secondary N) is 3. The maximum Gasteiger partial charge on any atom is 0.253 e. The van der Waals surface area contributed by atoms with E-state index in [9.17, 15) is 9.59 Å². The minimum Gasteiger partial charge on any atom is -0.363 e. The van der Waals surface area contributed by atoms with Gasteiger partial charge < -0.3 is 16.0 Å². The molecule has 150 valence electrons. The summed E-state index contributed by atoms with van der Waals surface area (Å²) in [6, 6.07) is 16.9. The number of carbonyl (C=O) groups is 2. The molecule has 1 heterocycles. The minimum atomic E-state index is -0.215. The van der Waals surface area contributed by atoms with E-state index in [4.69, 9.17) is 0 Å². The van der Waals surface area contributed by atoms with Crippen LogP contribution in [0.1, 0.15) is 15.9 Å². The number of rotatable bonds is 9. The first-order valence-electron chi connectivity index (χ1n) is 9.01. The Kier molecular flexibility index (Phi) is 7.60. The summed E-state index contributed by atoms with van der Waals surface area (Å²) in [6.45, 7) is 0.520. The summed E-state index contributed by atoms with van der Waals surface area (Å²) in [4.78, 5) is 24.9. The molecule has 0 aliphatic carbocycles. The number of hydrogen-bond donors (Lipinski definition) is 3. The van der Waals surface area contributed by atoms with E-state index in [1.54, 1.807) is 31.3 Å². The average molecular weight is 428 g/mol. The molecule has 2 aromatic carbocycles. The van der Waals surface area contributed by atoms with Crippen LogP contribution < -0.4 is 16.0 Å². The maximum atomic E-state index is 12.6. The zero-order chi connectivity index (χ0) is 20.5. The number of thioether (sulfide) groups is 1. The van der Waals surface area contributed by atoms with E-state index >= 15 is 0 Å². The predicted molar refractivity (Wildman–Crippen MR) is 118 cm³/mol. The summed E-state index contributed by atoms with van der Waals surface area (Å²) in [5, 5.41) is 17.3. The van der Waals surface area contributed by atoms with Crippen molar-refractivity contribution >= 4 is 45.7 Å². The summed E-state index contributed by atoms with van der Waals surface area (Å²) in [6.07, 6.45) is 0.744. The first-order valence-corrected chi connectivity index (χ1v) is 10.8. The number of nitrogens with zero attached hydrogens (tertiary/aromatic N) is 2. The molecule has 29 heavy (non-hydrogen) atoms. The molecule has 3 N–H and O–H groups in total. The number of hydrogen-bond acceptors (Lipinski definition) is 7. The Morgan fingerprint density at radius 2 is 1.79 bits per heavy atom. The van der Waals surface area contributed by atoms with Crippen LogP contribution in [0.5, 0.6) is 0 Å². The molecule has 0 fully saturated rings. The van der Waals surface area contributed by atoms with Gasteiger partial charge in [-0.15, -0.1) is 10.2 Å². The van der Waals surface area contributed by atoms with Crippen LogP contribution in [0.25, 0.3) is 0 Å². The summed E-state index contributed by atoms with van der Waals surface area (Å²) in [5.74, 6) is -0.240. The lowest BCUT2D eigenvalue weighted by atomic mass is 10.1. The average Bonchev–Trinajstić information content (AvgIpc) is 3.21. The molecule has 0 aliphatic rings. The number of amides is 2. The first kappa shape index (κ1) is 20.8. The van der Waals surface area contributed by atoms with Crippen LogP contribution in [0, 0.1) is 0 Å². The second-order valence-corrected chi connectivity index (χ2v) is 8.20. The fourth-order valence-electron chi connectivity index (χ4n) is 2.53. The van der Waals surface area contributed by atoms with Gasteiger partial charge in [-0.3, -0.25) is 9.59 Å². The molecule has 0 atom stereocenters. The largest absolute Gasteiger partial charge is 0.363 e.